The number of aromatic nitrogens is 2. The fourth-order valence-corrected chi connectivity index (χ4v) is 4.66. The van der Waals surface area contributed by atoms with Crippen LogP contribution in [-0.4, -0.2) is 96.5 Å². The van der Waals surface area contributed by atoms with Crippen LogP contribution in [0.2, 0.25) is 0 Å². The molecule has 1 unspecified atom stereocenters. The van der Waals surface area contributed by atoms with Gasteiger partial charge in [0.1, 0.15) is 12.2 Å². The second-order valence-electron chi connectivity index (χ2n) is 9.41. The molecule has 2 aromatic rings. The molecule has 7 N–H and O–H groups in total. The van der Waals surface area contributed by atoms with Gasteiger partial charge in [0, 0.05) is 37.5 Å². The number of aromatic amines is 1. The van der Waals surface area contributed by atoms with E-state index in [0.29, 0.717) is 18.8 Å². The molecule has 0 aliphatic carbocycles. The smallest absolute Gasteiger partial charge is 0.348 e. The van der Waals surface area contributed by atoms with Crippen molar-refractivity contribution >= 4 is 17.6 Å². The van der Waals surface area contributed by atoms with E-state index in [-0.39, 0.29) is 5.56 Å². The number of carbonyl (C=O) groups is 2. The molecule has 0 saturated carbocycles. The lowest BCUT2D eigenvalue weighted by Crippen LogP contribution is -2.55. The average Bonchev–Trinajstić information content (AvgIpc) is 3.17. The lowest BCUT2D eigenvalue weighted by molar-refractivity contribution is -0.191. The van der Waals surface area contributed by atoms with E-state index in [0.717, 1.165) is 23.3 Å². The number of hydrogen-bond acceptors (Lipinski definition) is 11. The van der Waals surface area contributed by atoms with Crippen molar-refractivity contribution in [2.75, 3.05) is 24.6 Å². The Morgan fingerprint density at radius 3 is 2.42 bits per heavy atom. The topological polar surface area (TPSA) is 224 Å². The molecule has 1 aromatic carbocycles. The van der Waals surface area contributed by atoms with E-state index in [1.165, 1.54) is 12.1 Å². The van der Waals surface area contributed by atoms with Crippen molar-refractivity contribution in [2.24, 2.45) is 0 Å². The number of hydrogen-bond donors (Lipinski definition) is 7. The van der Waals surface area contributed by atoms with Gasteiger partial charge in [-0.1, -0.05) is 18.1 Å². The number of aliphatic carboxylic acids is 2. The van der Waals surface area contributed by atoms with Crippen molar-refractivity contribution < 1.29 is 44.6 Å². The number of aliphatic hydroxyl groups excluding tert-OH is 2. The van der Waals surface area contributed by atoms with E-state index in [4.69, 9.17) is 15.9 Å². The molecule has 2 saturated heterocycles. The summed E-state index contributed by atoms with van der Waals surface area (Å²) in [6.45, 7) is 0.308. The third-order valence-corrected chi connectivity index (χ3v) is 6.96. The van der Waals surface area contributed by atoms with Gasteiger partial charge in [-0.3, -0.25) is 19.7 Å². The first-order valence-electron chi connectivity index (χ1n) is 12.2. The summed E-state index contributed by atoms with van der Waals surface area (Å²) < 4.78 is 11.7. The zero-order valence-electron chi connectivity index (χ0n) is 21.0. The van der Waals surface area contributed by atoms with E-state index < -0.39 is 72.2 Å². The van der Waals surface area contributed by atoms with Crippen LogP contribution in [0, 0.1) is 12.3 Å². The fraction of sp³-hybridized carbons (Fsp3) is 0.440. The summed E-state index contributed by atoms with van der Waals surface area (Å²) in [6.07, 6.45) is 0.414. The highest BCUT2D eigenvalue weighted by Crippen LogP contribution is 2.37. The first-order valence-corrected chi connectivity index (χ1v) is 12.2. The number of carboxylic acids is 2. The zero-order chi connectivity index (χ0) is 29.2. The van der Waals surface area contributed by atoms with Crippen LogP contribution in [-0.2, 0) is 25.5 Å². The summed E-state index contributed by atoms with van der Waals surface area (Å²) in [5.74, 6) is -1.76. The monoisotopic (exact) mass is 560 g/mol. The Balaban J connectivity index is 1.57. The number of anilines is 1. The maximum Gasteiger partial charge on any atom is 0.348 e. The van der Waals surface area contributed by atoms with Gasteiger partial charge in [0.15, 0.2) is 18.2 Å². The number of ether oxygens (including phenoxy) is 2. The van der Waals surface area contributed by atoms with Crippen LogP contribution in [0.1, 0.15) is 18.2 Å². The average molecular weight is 561 g/mol. The van der Waals surface area contributed by atoms with Gasteiger partial charge < -0.3 is 39.9 Å². The first-order chi connectivity index (χ1) is 18.9. The minimum atomic E-state index is -2.86. The molecule has 2 aliphatic rings. The highest BCUT2D eigenvalue weighted by atomic mass is 16.6. The van der Waals surface area contributed by atoms with Crippen LogP contribution in [0.5, 0.6) is 0 Å². The van der Waals surface area contributed by atoms with Crippen molar-refractivity contribution in [3.63, 3.8) is 0 Å². The summed E-state index contributed by atoms with van der Waals surface area (Å²) in [7, 11) is 0. The fourth-order valence-electron chi connectivity index (χ4n) is 4.66. The van der Waals surface area contributed by atoms with Crippen molar-refractivity contribution in [3.05, 3.63) is 62.9 Å². The van der Waals surface area contributed by atoms with Crippen LogP contribution in [0.4, 0.5) is 5.69 Å². The number of aliphatic hydroxyl groups is 3. The van der Waals surface area contributed by atoms with E-state index in [2.05, 4.69) is 5.32 Å². The van der Waals surface area contributed by atoms with Crippen molar-refractivity contribution in [2.45, 2.75) is 48.8 Å². The number of terminal acetylenes is 1. The Morgan fingerprint density at radius 2 is 1.85 bits per heavy atom. The molecule has 4 rings (SSSR count). The maximum absolute atomic E-state index is 12.3. The van der Waals surface area contributed by atoms with Gasteiger partial charge >= 0.3 is 17.6 Å². The first kappa shape index (κ1) is 29.0. The molecule has 1 aromatic heterocycles. The SMILES string of the molecule is C#C[C@@]1(O)[C@@H](COC(Cc2ccc(N3CCCNC3O)cc2)(C(=O)O)C(=O)O)O[C@@H](n2ccc(=O)[nH]c2=O)[C@@H]1O. The molecule has 2 fully saturated rings. The molecule has 214 valence electrons. The van der Waals surface area contributed by atoms with Gasteiger partial charge in [0.05, 0.1) is 6.61 Å². The number of nitrogens with zero attached hydrogens (tertiary/aromatic N) is 2. The summed E-state index contributed by atoms with van der Waals surface area (Å²) in [5, 5.41) is 54.5. The Kier molecular flexibility index (Phi) is 8.12. The van der Waals surface area contributed by atoms with Crippen molar-refractivity contribution in [1.82, 2.24) is 14.9 Å². The van der Waals surface area contributed by atoms with Gasteiger partial charge in [-0.05, 0) is 24.1 Å². The van der Waals surface area contributed by atoms with Gasteiger partial charge in [-0.2, -0.15) is 0 Å². The van der Waals surface area contributed by atoms with Crippen molar-refractivity contribution in [3.8, 4) is 12.3 Å². The Hall–Kier alpha value is -4.04. The summed E-state index contributed by atoms with van der Waals surface area (Å²) >= 11 is 0. The normalized spacial score (nSPS) is 26.8. The standard InChI is InChI=1S/C25H28N4O11/c1-2-24(38)16(40-19(18(24)31)29-11-8-17(30)27-23(29)37)13-39-25(20(32)33,21(34)35)12-14-4-6-15(7-5-14)28-10-3-9-26-22(28)36/h1,4-8,11,16,18-19,22,26,31,36,38H,3,9-10,12-13H2,(H,32,33)(H,34,35)(H,27,30,37)/t16-,18+,19-,22?,24-/m1/s1. The Labute approximate surface area is 226 Å². The highest BCUT2D eigenvalue weighted by Gasteiger charge is 2.57. The number of nitrogens with one attached hydrogen (secondary N) is 2. The molecule has 5 atom stereocenters. The number of H-pyrrole nitrogens is 1. The second kappa shape index (κ2) is 11.2. The van der Waals surface area contributed by atoms with E-state index in [9.17, 15) is 44.7 Å². The van der Waals surface area contributed by atoms with Gasteiger partial charge in [0.25, 0.3) is 11.2 Å². The molecular weight excluding hydrogens is 532 g/mol. The van der Waals surface area contributed by atoms with E-state index in [1.807, 2.05) is 10.9 Å². The van der Waals surface area contributed by atoms with Crippen LogP contribution in [0.3, 0.4) is 0 Å². The molecule has 15 heteroatoms. The molecule has 3 heterocycles. The van der Waals surface area contributed by atoms with Crippen LogP contribution >= 0.6 is 0 Å². The minimum absolute atomic E-state index is 0.269. The Bertz CT molecular complexity index is 1400. The molecular formula is C25H28N4O11. The number of rotatable bonds is 9. The molecule has 15 nitrogen and oxygen atoms in total. The molecule has 0 bridgehead atoms. The van der Waals surface area contributed by atoms with Gasteiger partial charge in [-0.25, -0.2) is 14.4 Å². The van der Waals surface area contributed by atoms with Gasteiger partial charge in [-0.15, -0.1) is 6.42 Å². The summed E-state index contributed by atoms with van der Waals surface area (Å²) in [6, 6.07) is 7.14. The van der Waals surface area contributed by atoms with E-state index in [1.54, 1.807) is 17.0 Å². The van der Waals surface area contributed by atoms with Crippen LogP contribution in [0.15, 0.2) is 46.1 Å². The predicted molar refractivity (Wildman–Crippen MR) is 135 cm³/mol. The van der Waals surface area contributed by atoms with Crippen molar-refractivity contribution in [1.29, 1.82) is 0 Å². The lowest BCUT2D eigenvalue weighted by atomic mass is 9.91. The number of carboxylic acid groups (broad SMARTS) is 2. The summed E-state index contributed by atoms with van der Waals surface area (Å²) in [4.78, 5) is 51.7. The second-order valence-corrected chi connectivity index (χ2v) is 9.41. The van der Waals surface area contributed by atoms with Crippen LogP contribution in [0.25, 0.3) is 0 Å². The van der Waals surface area contributed by atoms with Gasteiger partial charge in [0.2, 0.25) is 0 Å². The third-order valence-electron chi connectivity index (χ3n) is 6.96. The quantitative estimate of drug-likeness (QED) is 0.124. The molecule has 0 spiro atoms. The number of benzene rings is 1. The predicted octanol–water partition coefficient (Wildman–Crippen LogP) is -2.60. The maximum atomic E-state index is 12.3. The Morgan fingerprint density at radius 1 is 1.18 bits per heavy atom. The molecule has 2 aliphatic heterocycles. The molecule has 0 radical (unpaired) electrons. The third kappa shape index (κ3) is 5.23. The summed E-state index contributed by atoms with van der Waals surface area (Å²) in [5.41, 5.74) is -6.20. The molecule has 40 heavy (non-hydrogen) atoms. The largest absolute Gasteiger partial charge is 0.479 e. The lowest BCUT2D eigenvalue weighted by Gasteiger charge is -2.34. The zero-order valence-corrected chi connectivity index (χ0v) is 21.0. The minimum Gasteiger partial charge on any atom is -0.479 e. The molecule has 0 amide bonds. The highest BCUT2D eigenvalue weighted by molar-refractivity contribution is 6.02. The van der Waals surface area contributed by atoms with Crippen LogP contribution < -0.4 is 21.5 Å². The van der Waals surface area contributed by atoms with E-state index >= 15 is 0 Å².